The van der Waals surface area contributed by atoms with Gasteiger partial charge in [-0.2, -0.15) is 0 Å². The molecule has 2 atom stereocenters. The van der Waals surface area contributed by atoms with E-state index in [-0.39, 0.29) is 23.9 Å². The van der Waals surface area contributed by atoms with Crippen molar-refractivity contribution < 1.29 is 14.3 Å². The molecule has 4 rings (SSSR count). The molecule has 1 aromatic heterocycles. The molecule has 0 bridgehead atoms. The number of aromatic nitrogens is 1. The number of ether oxygens (including phenoxy) is 1. The topological polar surface area (TPSA) is 88.8 Å². The van der Waals surface area contributed by atoms with Gasteiger partial charge in [-0.3, -0.25) is 14.6 Å². The van der Waals surface area contributed by atoms with Crippen LogP contribution in [0.1, 0.15) is 42.2 Å². The number of morpholine rings is 1. The lowest BCUT2D eigenvalue weighted by atomic mass is 9.90. The first-order chi connectivity index (χ1) is 14.0. The zero-order valence-electron chi connectivity index (χ0n) is 16.8. The number of pyridine rings is 1. The third kappa shape index (κ3) is 3.75. The van der Waals surface area contributed by atoms with Gasteiger partial charge in [-0.05, 0) is 43.2 Å². The molecule has 2 aliphatic heterocycles. The van der Waals surface area contributed by atoms with Crippen LogP contribution in [-0.4, -0.2) is 54.0 Å². The molecule has 7 nitrogen and oxygen atoms in total. The lowest BCUT2D eigenvalue weighted by Gasteiger charge is -2.37. The van der Waals surface area contributed by atoms with E-state index in [1.54, 1.807) is 22.9 Å². The van der Waals surface area contributed by atoms with Crippen LogP contribution in [0.3, 0.4) is 0 Å². The second-order valence-electron chi connectivity index (χ2n) is 7.69. The molecule has 2 unspecified atom stereocenters. The highest BCUT2D eigenvalue weighted by atomic mass is 16.5. The van der Waals surface area contributed by atoms with E-state index < -0.39 is 0 Å². The van der Waals surface area contributed by atoms with E-state index in [0.717, 1.165) is 28.9 Å². The Hall–Kier alpha value is -2.77. The van der Waals surface area contributed by atoms with Crippen molar-refractivity contribution in [3.63, 3.8) is 0 Å². The maximum atomic E-state index is 12.6. The first-order valence-corrected chi connectivity index (χ1v) is 9.98. The highest BCUT2D eigenvalue weighted by molar-refractivity contribution is 5.95. The van der Waals surface area contributed by atoms with Gasteiger partial charge in [0.1, 0.15) is 0 Å². The summed E-state index contributed by atoms with van der Waals surface area (Å²) in [4.78, 5) is 32.8. The molecule has 0 saturated carbocycles. The summed E-state index contributed by atoms with van der Waals surface area (Å²) in [6.07, 6.45) is 2.34. The molecule has 2 N–H and O–H groups in total. The fraction of sp³-hybridized carbons (Fsp3) is 0.409. The van der Waals surface area contributed by atoms with Crippen LogP contribution in [0, 0.1) is 0 Å². The van der Waals surface area contributed by atoms with Gasteiger partial charge in [0.25, 0.3) is 5.91 Å². The first kappa shape index (κ1) is 19.5. The molecule has 2 amide bonds. The summed E-state index contributed by atoms with van der Waals surface area (Å²) in [5, 5.41) is 0. The molecule has 2 aliphatic rings. The van der Waals surface area contributed by atoms with E-state index in [1.165, 1.54) is 0 Å². The second-order valence-corrected chi connectivity index (χ2v) is 7.69. The summed E-state index contributed by atoms with van der Waals surface area (Å²) in [5.74, 6) is -0.00611. The number of hydrogen-bond donors (Lipinski definition) is 1. The molecule has 0 aliphatic carbocycles. The van der Waals surface area contributed by atoms with Crippen molar-refractivity contribution >= 4 is 17.5 Å². The van der Waals surface area contributed by atoms with Gasteiger partial charge in [0, 0.05) is 49.5 Å². The maximum absolute atomic E-state index is 12.6. The molecule has 1 fully saturated rings. The standard InChI is InChI=1S/C22H26N4O3/c1-14-11-19(23)18-12-16(4-6-21(18)26(14)15(2)27)20-5-3-17(13-24-20)22(28)25-7-9-29-10-8-25/h3-6,12-14,19H,7-11,23H2,1-2H3. The Balaban J connectivity index is 1.60. The fourth-order valence-electron chi connectivity index (χ4n) is 4.19. The zero-order valence-corrected chi connectivity index (χ0v) is 16.8. The highest BCUT2D eigenvalue weighted by Crippen LogP contribution is 2.38. The number of benzene rings is 1. The third-order valence-corrected chi connectivity index (χ3v) is 5.67. The second kappa shape index (κ2) is 7.93. The number of carbonyl (C=O) groups is 2. The number of carbonyl (C=O) groups excluding carboxylic acids is 2. The Morgan fingerprint density at radius 3 is 2.59 bits per heavy atom. The molecular weight excluding hydrogens is 368 g/mol. The summed E-state index contributed by atoms with van der Waals surface area (Å²) in [6, 6.07) is 9.51. The van der Waals surface area contributed by atoms with Crippen LogP contribution in [0.25, 0.3) is 11.3 Å². The number of rotatable bonds is 2. The van der Waals surface area contributed by atoms with Crippen LogP contribution in [0.5, 0.6) is 0 Å². The van der Waals surface area contributed by atoms with Crippen LogP contribution in [-0.2, 0) is 9.53 Å². The van der Waals surface area contributed by atoms with E-state index in [1.807, 2.05) is 37.3 Å². The number of anilines is 1. The van der Waals surface area contributed by atoms with Crippen molar-refractivity contribution in [3.05, 3.63) is 47.7 Å². The molecule has 2 aromatic rings. The van der Waals surface area contributed by atoms with E-state index in [4.69, 9.17) is 10.5 Å². The zero-order chi connectivity index (χ0) is 20.5. The number of hydrogen-bond acceptors (Lipinski definition) is 5. The summed E-state index contributed by atoms with van der Waals surface area (Å²) < 4.78 is 5.30. The smallest absolute Gasteiger partial charge is 0.255 e. The predicted molar refractivity (Wildman–Crippen MR) is 111 cm³/mol. The Morgan fingerprint density at radius 2 is 1.93 bits per heavy atom. The SMILES string of the molecule is CC(=O)N1c2ccc(-c3ccc(C(=O)N4CCOCC4)cn3)cc2C(N)CC1C. The van der Waals surface area contributed by atoms with Gasteiger partial charge in [0.2, 0.25) is 5.91 Å². The van der Waals surface area contributed by atoms with Gasteiger partial charge < -0.3 is 20.3 Å². The van der Waals surface area contributed by atoms with Crippen LogP contribution < -0.4 is 10.6 Å². The number of nitrogens with two attached hydrogens (primary N) is 1. The monoisotopic (exact) mass is 394 g/mol. The van der Waals surface area contributed by atoms with Gasteiger partial charge in [0.15, 0.2) is 0 Å². The summed E-state index contributed by atoms with van der Waals surface area (Å²) in [7, 11) is 0. The molecule has 29 heavy (non-hydrogen) atoms. The Labute approximate surface area is 170 Å². The average Bonchev–Trinajstić information content (AvgIpc) is 2.73. The van der Waals surface area contributed by atoms with Gasteiger partial charge in [-0.25, -0.2) is 0 Å². The summed E-state index contributed by atoms with van der Waals surface area (Å²) in [6.45, 7) is 5.95. The Kier molecular flexibility index (Phi) is 5.34. The lowest BCUT2D eigenvalue weighted by Crippen LogP contribution is -2.43. The Morgan fingerprint density at radius 1 is 1.17 bits per heavy atom. The van der Waals surface area contributed by atoms with Crippen molar-refractivity contribution in [2.75, 3.05) is 31.2 Å². The van der Waals surface area contributed by atoms with Crippen molar-refractivity contribution in [2.45, 2.75) is 32.4 Å². The Bertz CT molecular complexity index is 922. The van der Waals surface area contributed by atoms with E-state index in [2.05, 4.69) is 4.98 Å². The largest absolute Gasteiger partial charge is 0.378 e. The van der Waals surface area contributed by atoms with Crippen LogP contribution in [0.15, 0.2) is 36.5 Å². The minimum Gasteiger partial charge on any atom is -0.378 e. The van der Waals surface area contributed by atoms with E-state index in [0.29, 0.717) is 31.9 Å². The third-order valence-electron chi connectivity index (χ3n) is 5.67. The van der Waals surface area contributed by atoms with Crippen LogP contribution in [0.2, 0.25) is 0 Å². The molecule has 1 aromatic carbocycles. The molecular formula is C22H26N4O3. The average molecular weight is 394 g/mol. The van der Waals surface area contributed by atoms with Crippen molar-refractivity contribution in [1.29, 1.82) is 0 Å². The molecule has 3 heterocycles. The molecule has 0 spiro atoms. The normalized spacial score (nSPS) is 21.6. The highest BCUT2D eigenvalue weighted by Gasteiger charge is 2.30. The van der Waals surface area contributed by atoms with E-state index >= 15 is 0 Å². The number of amides is 2. The van der Waals surface area contributed by atoms with Gasteiger partial charge >= 0.3 is 0 Å². The van der Waals surface area contributed by atoms with Crippen molar-refractivity contribution in [1.82, 2.24) is 9.88 Å². The van der Waals surface area contributed by atoms with Crippen molar-refractivity contribution in [3.8, 4) is 11.3 Å². The minimum atomic E-state index is -0.127. The molecule has 1 saturated heterocycles. The predicted octanol–water partition coefficient (Wildman–Crippen LogP) is 2.37. The van der Waals surface area contributed by atoms with Gasteiger partial charge in [-0.15, -0.1) is 0 Å². The maximum Gasteiger partial charge on any atom is 0.255 e. The van der Waals surface area contributed by atoms with Crippen molar-refractivity contribution in [2.24, 2.45) is 5.73 Å². The molecule has 152 valence electrons. The van der Waals surface area contributed by atoms with Gasteiger partial charge in [0.05, 0.1) is 24.5 Å². The van der Waals surface area contributed by atoms with Gasteiger partial charge in [-0.1, -0.05) is 6.07 Å². The quantitative estimate of drug-likeness (QED) is 0.845. The van der Waals surface area contributed by atoms with Crippen LogP contribution in [0.4, 0.5) is 5.69 Å². The summed E-state index contributed by atoms with van der Waals surface area (Å²) >= 11 is 0. The fourth-order valence-corrected chi connectivity index (χ4v) is 4.19. The molecule has 7 heteroatoms. The number of fused-ring (bicyclic) bond motifs is 1. The minimum absolute atomic E-state index is 0.0162. The number of nitrogens with zero attached hydrogens (tertiary/aromatic N) is 3. The summed E-state index contributed by atoms with van der Waals surface area (Å²) in [5.41, 5.74) is 10.5. The first-order valence-electron chi connectivity index (χ1n) is 9.98. The lowest BCUT2D eigenvalue weighted by molar-refractivity contribution is -0.117. The van der Waals surface area contributed by atoms with E-state index in [9.17, 15) is 9.59 Å². The van der Waals surface area contributed by atoms with Crippen LogP contribution >= 0.6 is 0 Å². The molecule has 0 radical (unpaired) electrons.